The molecule has 2 fully saturated rings. The van der Waals surface area contributed by atoms with Gasteiger partial charge in [0, 0.05) is 0 Å². The molecule has 0 amide bonds. The Morgan fingerprint density at radius 3 is 3.08 bits per heavy atom. The molecule has 2 nitrogen and oxygen atoms in total. The monoisotopic (exact) mass is 232 g/mol. The summed E-state index contributed by atoms with van der Waals surface area (Å²) in [5, 5.41) is 0. The Balaban J connectivity index is 2.14. The van der Waals surface area contributed by atoms with E-state index in [1.54, 1.807) is 0 Å². The van der Waals surface area contributed by atoms with Crippen molar-refractivity contribution in [2.45, 2.75) is 43.0 Å². The van der Waals surface area contributed by atoms with Crippen LogP contribution in [0.2, 0.25) is 0 Å². The minimum Gasteiger partial charge on any atom is -0.461 e. The Bertz CT molecular complexity index is 213. The van der Waals surface area contributed by atoms with Gasteiger partial charge in [-0.3, -0.25) is 4.79 Å². The van der Waals surface area contributed by atoms with Gasteiger partial charge in [0.05, 0.1) is 0 Å². The Kier molecular flexibility index (Phi) is 1.94. The SMILES string of the molecule is C[C@]1(Br)C[C@H]2CCC[C@H]2OC1=O. The molecule has 1 saturated heterocycles. The first kappa shape index (κ1) is 8.54. The normalized spacial score (nSPS) is 47.0. The van der Waals surface area contributed by atoms with Gasteiger partial charge in [0.2, 0.25) is 0 Å². The van der Waals surface area contributed by atoms with E-state index < -0.39 is 4.32 Å². The number of esters is 1. The molecule has 0 aromatic heterocycles. The summed E-state index contributed by atoms with van der Waals surface area (Å²) in [5.74, 6) is 0.526. The lowest BCUT2D eigenvalue weighted by molar-refractivity contribution is -0.159. The molecule has 2 aliphatic rings. The van der Waals surface area contributed by atoms with Crippen LogP contribution in [0.5, 0.6) is 0 Å². The predicted molar refractivity (Wildman–Crippen MR) is 49.2 cm³/mol. The van der Waals surface area contributed by atoms with Crippen molar-refractivity contribution < 1.29 is 9.53 Å². The summed E-state index contributed by atoms with van der Waals surface area (Å²) in [6, 6.07) is 0. The van der Waals surface area contributed by atoms with E-state index in [0.717, 1.165) is 12.8 Å². The highest BCUT2D eigenvalue weighted by molar-refractivity contribution is 9.10. The van der Waals surface area contributed by atoms with Crippen LogP contribution in [0.25, 0.3) is 0 Å². The molecular formula is C9H13BrO2. The molecule has 0 radical (unpaired) electrons. The van der Waals surface area contributed by atoms with E-state index in [4.69, 9.17) is 4.74 Å². The number of fused-ring (bicyclic) bond motifs is 1. The third kappa shape index (κ3) is 1.28. The molecule has 1 heterocycles. The largest absolute Gasteiger partial charge is 0.461 e. The van der Waals surface area contributed by atoms with E-state index in [1.165, 1.54) is 12.8 Å². The topological polar surface area (TPSA) is 26.3 Å². The number of carbonyl (C=O) groups is 1. The third-order valence-corrected chi connectivity index (χ3v) is 3.57. The second-order valence-electron chi connectivity index (χ2n) is 4.04. The fourth-order valence-corrected chi connectivity index (χ4v) is 2.74. The van der Waals surface area contributed by atoms with Gasteiger partial charge < -0.3 is 4.74 Å². The number of halogens is 1. The minimum atomic E-state index is -0.418. The fourth-order valence-electron chi connectivity index (χ4n) is 2.23. The Morgan fingerprint density at radius 1 is 1.58 bits per heavy atom. The van der Waals surface area contributed by atoms with Gasteiger partial charge in [-0.15, -0.1) is 0 Å². The summed E-state index contributed by atoms with van der Waals surface area (Å²) in [4.78, 5) is 11.4. The van der Waals surface area contributed by atoms with Crippen LogP contribution >= 0.6 is 15.9 Å². The molecule has 68 valence electrons. The molecule has 0 aromatic carbocycles. The summed E-state index contributed by atoms with van der Waals surface area (Å²) in [7, 11) is 0. The first-order chi connectivity index (χ1) is 5.59. The van der Waals surface area contributed by atoms with Crippen LogP contribution in [0.4, 0.5) is 0 Å². The van der Waals surface area contributed by atoms with Gasteiger partial charge in [-0.05, 0) is 38.5 Å². The zero-order valence-electron chi connectivity index (χ0n) is 7.18. The summed E-state index contributed by atoms with van der Waals surface area (Å²) in [6.45, 7) is 1.91. The number of hydrogen-bond acceptors (Lipinski definition) is 2. The van der Waals surface area contributed by atoms with Crippen LogP contribution in [-0.4, -0.2) is 16.4 Å². The average molecular weight is 233 g/mol. The maximum Gasteiger partial charge on any atom is 0.322 e. The first-order valence-corrected chi connectivity index (χ1v) is 5.29. The van der Waals surface area contributed by atoms with Crippen molar-refractivity contribution in [1.29, 1.82) is 0 Å². The van der Waals surface area contributed by atoms with Crippen molar-refractivity contribution in [3.63, 3.8) is 0 Å². The molecule has 0 bridgehead atoms. The summed E-state index contributed by atoms with van der Waals surface area (Å²) in [6.07, 6.45) is 4.67. The van der Waals surface area contributed by atoms with Gasteiger partial charge in [0.25, 0.3) is 0 Å². The predicted octanol–water partition coefficient (Wildman–Crippen LogP) is 2.26. The summed E-state index contributed by atoms with van der Waals surface area (Å²) >= 11 is 3.42. The van der Waals surface area contributed by atoms with Crippen molar-refractivity contribution in [2.24, 2.45) is 5.92 Å². The van der Waals surface area contributed by atoms with Crippen molar-refractivity contribution in [3.8, 4) is 0 Å². The van der Waals surface area contributed by atoms with Crippen LogP contribution in [0.15, 0.2) is 0 Å². The summed E-state index contributed by atoms with van der Waals surface area (Å²) in [5.41, 5.74) is 0. The van der Waals surface area contributed by atoms with E-state index in [9.17, 15) is 4.79 Å². The number of carbonyl (C=O) groups excluding carboxylic acids is 1. The van der Waals surface area contributed by atoms with Crippen molar-refractivity contribution in [2.75, 3.05) is 0 Å². The zero-order chi connectivity index (χ0) is 8.77. The molecule has 3 heteroatoms. The number of hydrogen-bond donors (Lipinski definition) is 0. The molecule has 1 saturated carbocycles. The molecule has 0 N–H and O–H groups in total. The molecule has 1 aliphatic carbocycles. The highest BCUT2D eigenvalue weighted by atomic mass is 79.9. The van der Waals surface area contributed by atoms with E-state index in [0.29, 0.717) is 5.92 Å². The highest BCUT2D eigenvalue weighted by Crippen LogP contribution is 2.42. The number of alkyl halides is 1. The lowest BCUT2D eigenvalue weighted by atomic mass is 9.90. The minimum absolute atomic E-state index is 0.0781. The lowest BCUT2D eigenvalue weighted by Gasteiger charge is -2.34. The molecule has 2 rings (SSSR count). The van der Waals surface area contributed by atoms with Crippen LogP contribution in [0.1, 0.15) is 32.6 Å². The van der Waals surface area contributed by atoms with Gasteiger partial charge >= 0.3 is 5.97 Å². The van der Waals surface area contributed by atoms with E-state index in [1.807, 2.05) is 6.92 Å². The van der Waals surface area contributed by atoms with Crippen LogP contribution in [-0.2, 0) is 9.53 Å². The number of rotatable bonds is 0. The van der Waals surface area contributed by atoms with Crippen molar-refractivity contribution >= 4 is 21.9 Å². The zero-order valence-corrected chi connectivity index (χ0v) is 8.76. The van der Waals surface area contributed by atoms with Gasteiger partial charge in [0.15, 0.2) is 0 Å². The average Bonchev–Trinajstić information content (AvgIpc) is 2.35. The Hall–Kier alpha value is -0.0500. The molecule has 12 heavy (non-hydrogen) atoms. The van der Waals surface area contributed by atoms with Crippen LogP contribution in [0.3, 0.4) is 0 Å². The van der Waals surface area contributed by atoms with Crippen molar-refractivity contribution in [1.82, 2.24) is 0 Å². The molecule has 0 spiro atoms. The van der Waals surface area contributed by atoms with Crippen molar-refractivity contribution in [3.05, 3.63) is 0 Å². The lowest BCUT2D eigenvalue weighted by Crippen LogP contribution is -2.43. The summed E-state index contributed by atoms with van der Waals surface area (Å²) < 4.78 is 4.92. The molecule has 1 aliphatic heterocycles. The molecular weight excluding hydrogens is 220 g/mol. The van der Waals surface area contributed by atoms with Crippen LogP contribution in [0, 0.1) is 5.92 Å². The van der Waals surface area contributed by atoms with E-state index in [-0.39, 0.29) is 12.1 Å². The maximum absolute atomic E-state index is 11.4. The smallest absolute Gasteiger partial charge is 0.322 e. The molecule has 3 atom stereocenters. The quantitative estimate of drug-likeness (QED) is 0.473. The maximum atomic E-state index is 11.4. The Labute approximate surface area is 80.8 Å². The van der Waals surface area contributed by atoms with E-state index >= 15 is 0 Å². The fraction of sp³-hybridized carbons (Fsp3) is 0.889. The van der Waals surface area contributed by atoms with Gasteiger partial charge in [-0.2, -0.15) is 0 Å². The Morgan fingerprint density at radius 2 is 2.33 bits per heavy atom. The second kappa shape index (κ2) is 2.72. The molecule has 0 aromatic rings. The van der Waals surface area contributed by atoms with Gasteiger partial charge in [-0.1, -0.05) is 15.9 Å². The highest BCUT2D eigenvalue weighted by Gasteiger charge is 2.45. The first-order valence-electron chi connectivity index (χ1n) is 4.49. The van der Waals surface area contributed by atoms with Gasteiger partial charge in [-0.25, -0.2) is 0 Å². The van der Waals surface area contributed by atoms with E-state index in [2.05, 4.69) is 15.9 Å². The van der Waals surface area contributed by atoms with Gasteiger partial charge in [0.1, 0.15) is 10.4 Å². The second-order valence-corrected chi connectivity index (χ2v) is 5.79. The van der Waals surface area contributed by atoms with Crippen LogP contribution < -0.4 is 0 Å². The molecule has 0 unspecified atom stereocenters. The standard InChI is InChI=1S/C9H13BrO2/c1-9(10)5-6-3-2-4-7(6)12-8(9)11/h6-7H,2-5H2,1H3/t6-,7-,9+/m1/s1. The number of ether oxygens (including phenoxy) is 1. The third-order valence-electron chi connectivity index (χ3n) is 2.92.